The molecule has 0 fully saturated rings. The molecule has 160 valence electrons. The molecule has 1 atom stereocenters. The summed E-state index contributed by atoms with van der Waals surface area (Å²) in [5, 5.41) is 17.4. The number of carbonyl (C=O) groups excluding carboxylic acids is 1. The van der Waals surface area contributed by atoms with Crippen LogP contribution in [0.15, 0.2) is 30.7 Å². The topological polar surface area (TPSA) is 103 Å². The number of amides is 1. The lowest BCUT2D eigenvalue weighted by Gasteiger charge is -2.08. The number of hydrogen-bond acceptors (Lipinski definition) is 6. The van der Waals surface area contributed by atoms with Gasteiger partial charge in [0.25, 0.3) is 5.91 Å². The number of carbonyl (C=O) groups is 1. The lowest BCUT2D eigenvalue weighted by atomic mass is 10.2. The van der Waals surface area contributed by atoms with Gasteiger partial charge >= 0.3 is 6.18 Å². The molecule has 9 nitrogen and oxygen atoms in total. The van der Waals surface area contributed by atoms with E-state index < -0.39 is 23.8 Å². The Labute approximate surface area is 168 Å². The van der Waals surface area contributed by atoms with Gasteiger partial charge in [-0.25, -0.2) is 9.07 Å². The van der Waals surface area contributed by atoms with Crippen LogP contribution in [-0.2, 0) is 25.8 Å². The van der Waals surface area contributed by atoms with Gasteiger partial charge < -0.3 is 5.32 Å². The molecule has 1 unspecified atom stereocenters. The molecule has 1 N–H and O–H groups in total. The van der Waals surface area contributed by atoms with Crippen LogP contribution in [0.2, 0.25) is 0 Å². The lowest BCUT2D eigenvalue weighted by Crippen LogP contribution is -2.24. The molecule has 1 amide bonds. The number of rotatable bonds is 8. The molecule has 0 radical (unpaired) electrons. The summed E-state index contributed by atoms with van der Waals surface area (Å²) in [6.07, 6.45) is -1.60. The Morgan fingerprint density at radius 2 is 1.97 bits per heavy atom. The third kappa shape index (κ3) is 5.81. The zero-order valence-corrected chi connectivity index (χ0v) is 15.8. The normalized spacial score (nSPS) is 12.7. The summed E-state index contributed by atoms with van der Waals surface area (Å²) in [7, 11) is 0. The number of nitrogens with one attached hydrogen (secondary N) is 1. The van der Waals surface area contributed by atoms with Crippen molar-refractivity contribution in [1.82, 2.24) is 40.3 Å². The lowest BCUT2D eigenvalue weighted by molar-refractivity contribution is -0.137. The second kappa shape index (κ2) is 8.97. The Kier molecular flexibility index (Phi) is 6.37. The monoisotopic (exact) mass is 426 g/mol. The number of aryl methyl sites for hydroxylation is 2. The zero-order chi connectivity index (χ0) is 21.7. The highest BCUT2D eigenvalue weighted by Gasteiger charge is 2.30. The van der Waals surface area contributed by atoms with Gasteiger partial charge in [-0.15, -0.1) is 10.2 Å². The predicted octanol–water partition coefficient (Wildman–Crippen LogP) is 1.95. The number of pyridine rings is 1. The molecule has 0 aliphatic carbocycles. The molecule has 3 aromatic rings. The molecule has 3 aromatic heterocycles. The summed E-state index contributed by atoms with van der Waals surface area (Å²) >= 11 is 0. The van der Waals surface area contributed by atoms with Crippen molar-refractivity contribution in [3.05, 3.63) is 53.4 Å². The predicted molar refractivity (Wildman–Crippen MR) is 94.7 cm³/mol. The fourth-order valence-corrected chi connectivity index (χ4v) is 2.58. The van der Waals surface area contributed by atoms with E-state index in [1.165, 1.54) is 15.6 Å². The van der Waals surface area contributed by atoms with Crippen molar-refractivity contribution in [2.45, 2.75) is 45.3 Å². The first-order valence-corrected chi connectivity index (χ1v) is 8.92. The number of alkyl halides is 4. The molecule has 0 saturated carbocycles. The summed E-state index contributed by atoms with van der Waals surface area (Å²) in [5.41, 5.74) is -0.167. The van der Waals surface area contributed by atoms with Crippen molar-refractivity contribution in [2.75, 3.05) is 0 Å². The Balaban J connectivity index is 1.49. The first kappa shape index (κ1) is 21.3. The third-order valence-corrected chi connectivity index (χ3v) is 4.06. The minimum Gasteiger partial charge on any atom is -0.345 e. The Hall–Kier alpha value is -3.38. The molecule has 0 aromatic carbocycles. The summed E-state index contributed by atoms with van der Waals surface area (Å²) in [6, 6.07) is 1.69. The maximum absolute atomic E-state index is 14.1. The molecule has 13 heteroatoms. The molecule has 0 bridgehead atoms. The SMILES string of the molecule is Cc1cn(CCC(F)Cn2cc(C(=O)NCc3cc(C(F)(F)F)ccn3)nn2)nn1. The van der Waals surface area contributed by atoms with Crippen LogP contribution >= 0.6 is 0 Å². The van der Waals surface area contributed by atoms with Crippen LogP contribution in [0, 0.1) is 6.92 Å². The zero-order valence-electron chi connectivity index (χ0n) is 15.8. The summed E-state index contributed by atoms with van der Waals surface area (Å²) in [6.45, 7) is 1.79. The van der Waals surface area contributed by atoms with E-state index >= 15 is 0 Å². The van der Waals surface area contributed by atoms with Gasteiger partial charge in [-0.2, -0.15) is 13.2 Å². The molecular weight excluding hydrogens is 408 g/mol. The molecule has 0 spiro atoms. The molecule has 30 heavy (non-hydrogen) atoms. The van der Waals surface area contributed by atoms with E-state index in [0.29, 0.717) is 6.54 Å². The first-order valence-electron chi connectivity index (χ1n) is 8.92. The third-order valence-electron chi connectivity index (χ3n) is 4.06. The Morgan fingerprint density at radius 1 is 1.20 bits per heavy atom. The van der Waals surface area contributed by atoms with E-state index in [-0.39, 0.29) is 30.9 Å². The van der Waals surface area contributed by atoms with Crippen LogP contribution in [0.25, 0.3) is 0 Å². The molecule has 0 aliphatic heterocycles. The average molecular weight is 426 g/mol. The standard InChI is InChI=1S/C17H18F4N8O/c1-11-8-28(26-24-11)5-3-13(18)9-29-10-15(25-27-29)16(30)23-7-14-6-12(2-4-22-14)17(19,20)21/h2,4,6,8,10,13H,3,5,7,9H2,1H3,(H,23,30). The van der Waals surface area contributed by atoms with Crippen molar-refractivity contribution in [1.29, 1.82) is 0 Å². The fraction of sp³-hybridized carbons (Fsp3) is 0.412. The molecule has 0 saturated heterocycles. The summed E-state index contributed by atoms with van der Waals surface area (Å²) in [5.74, 6) is -0.658. The van der Waals surface area contributed by atoms with Gasteiger partial charge in [0.2, 0.25) is 0 Å². The second-order valence-electron chi connectivity index (χ2n) is 6.55. The van der Waals surface area contributed by atoms with E-state index in [1.807, 2.05) is 0 Å². The van der Waals surface area contributed by atoms with Crippen LogP contribution in [0.5, 0.6) is 0 Å². The Bertz CT molecular complexity index is 1000. The van der Waals surface area contributed by atoms with Crippen LogP contribution in [0.3, 0.4) is 0 Å². The minimum absolute atomic E-state index is 0.0396. The van der Waals surface area contributed by atoms with Crippen molar-refractivity contribution in [3.8, 4) is 0 Å². The van der Waals surface area contributed by atoms with Crippen molar-refractivity contribution in [3.63, 3.8) is 0 Å². The number of halogens is 4. The van der Waals surface area contributed by atoms with Gasteiger partial charge in [0.05, 0.1) is 36.2 Å². The highest BCUT2D eigenvalue weighted by Crippen LogP contribution is 2.28. The second-order valence-corrected chi connectivity index (χ2v) is 6.55. The molecular formula is C17H18F4N8O. The quantitative estimate of drug-likeness (QED) is 0.553. The van der Waals surface area contributed by atoms with E-state index in [0.717, 1.165) is 24.0 Å². The maximum Gasteiger partial charge on any atom is 0.416 e. The van der Waals surface area contributed by atoms with Crippen molar-refractivity contribution in [2.24, 2.45) is 0 Å². The number of aromatic nitrogens is 7. The number of hydrogen-bond donors (Lipinski definition) is 1. The van der Waals surface area contributed by atoms with Gasteiger partial charge in [0, 0.05) is 25.4 Å². The van der Waals surface area contributed by atoms with E-state index in [9.17, 15) is 22.4 Å². The average Bonchev–Trinajstić information content (AvgIpc) is 3.33. The van der Waals surface area contributed by atoms with Crippen LogP contribution in [0.1, 0.15) is 33.9 Å². The van der Waals surface area contributed by atoms with Crippen molar-refractivity contribution < 1.29 is 22.4 Å². The van der Waals surface area contributed by atoms with Gasteiger partial charge in [0.1, 0.15) is 6.17 Å². The minimum atomic E-state index is -4.50. The van der Waals surface area contributed by atoms with Gasteiger partial charge in [-0.1, -0.05) is 10.4 Å². The largest absolute Gasteiger partial charge is 0.416 e. The highest BCUT2D eigenvalue weighted by molar-refractivity contribution is 5.91. The maximum atomic E-state index is 14.1. The van der Waals surface area contributed by atoms with E-state index in [1.54, 1.807) is 13.1 Å². The first-order chi connectivity index (χ1) is 14.2. The Morgan fingerprint density at radius 3 is 2.67 bits per heavy atom. The van der Waals surface area contributed by atoms with Crippen molar-refractivity contribution >= 4 is 5.91 Å². The van der Waals surface area contributed by atoms with E-state index in [4.69, 9.17) is 0 Å². The smallest absolute Gasteiger partial charge is 0.345 e. The summed E-state index contributed by atoms with van der Waals surface area (Å²) in [4.78, 5) is 15.9. The van der Waals surface area contributed by atoms with Gasteiger partial charge in [-0.05, 0) is 19.1 Å². The summed E-state index contributed by atoms with van der Waals surface area (Å²) < 4.78 is 55.0. The fourth-order valence-electron chi connectivity index (χ4n) is 2.58. The van der Waals surface area contributed by atoms with Gasteiger partial charge in [0.15, 0.2) is 5.69 Å². The van der Waals surface area contributed by atoms with Crippen LogP contribution in [0.4, 0.5) is 17.6 Å². The van der Waals surface area contributed by atoms with Gasteiger partial charge in [-0.3, -0.25) is 14.5 Å². The highest BCUT2D eigenvalue weighted by atomic mass is 19.4. The van der Waals surface area contributed by atoms with Crippen LogP contribution < -0.4 is 5.32 Å². The molecule has 0 aliphatic rings. The molecule has 3 rings (SSSR count). The van der Waals surface area contributed by atoms with Crippen LogP contribution in [-0.4, -0.2) is 47.1 Å². The molecule has 3 heterocycles. The van der Waals surface area contributed by atoms with E-state index in [2.05, 4.69) is 30.9 Å². The number of nitrogens with zero attached hydrogens (tertiary/aromatic N) is 7.